The maximum Gasteiger partial charge on any atom is 0.237 e. The smallest absolute Gasteiger partial charge is 0.237 e. The van der Waals surface area contributed by atoms with Crippen molar-refractivity contribution in [3.63, 3.8) is 0 Å². The molecule has 3 N–H and O–H groups in total. The van der Waals surface area contributed by atoms with E-state index in [9.17, 15) is 5.26 Å². The van der Waals surface area contributed by atoms with Gasteiger partial charge in [0.1, 0.15) is 18.2 Å². The number of likely N-dealkylation sites (N-methyl/N-ethyl adjacent to an activating group) is 1. The van der Waals surface area contributed by atoms with Crippen LogP contribution < -0.4 is 20.1 Å². The zero-order chi connectivity index (χ0) is 19.3. The highest BCUT2D eigenvalue weighted by Crippen LogP contribution is 2.28. The molecule has 28 heavy (non-hydrogen) atoms. The van der Waals surface area contributed by atoms with E-state index >= 15 is 0 Å². The largest absolute Gasteiger partial charge is 0.375 e. The monoisotopic (exact) mass is 379 g/mol. The number of fused-ring (bicyclic) bond motifs is 1. The number of aromatic nitrogens is 1. The highest BCUT2D eigenvalue weighted by atomic mass is 16.5. The van der Waals surface area contributed by atoms with Crippen molar-refractivity contribution in [2.24, 2.45) is 0 Å². The molecule has 3 heterocycles. The molecule has 1 aromatic carbocycles. The first kappa shape index (κ1) is 18.7. The van der Waals surface area contributed by atoms with E-state index < -0.39 is 0 Å². The number of quaternary nitrogens is 1. The van der Waals surface area contributed by atoms with Gasteiger partial charge >= 0.3 is 0 Å². The van der Waals surface area contributed by atoms with Gasteiger partial charge in [0.25, 0.3) is 0 Å². The lowest BCUT2D eigenvalue weighted by Gasteiger charge is -2.31. The summed E-state index contributed by atoms with van der Waals surface area (Å²) < 4.78 is 5.56. The fourth-order valence-electron chi connectivity index (χ4n) is 4.21. The van der Waals surface area contributed by atoms with Crippen LogP contribution in [0.3, 0.4) is 0 Å². The van der Waals surface area contributed by atoms with Gasteiger partial charge in [0.05, 0.1) is 51.5 Å². The van der Waals surface area contributed by atoms with Gasteiger partial charge in [0.2, 0.25) is 11.6 Å². The van der Waals surface area contributed by atoms with Crippen molar-refractivity contribution < 1.29 is 14.6 Å². The summed E-state index contributed by atoms with van der Waals surface area (Å²) in [6.07, 6.45) is 0.952. The lowest BCUT2D eigenvalue weighted by atomic mass is 9.95. The van der Waals surface area contributed by atoms with Crippen molar-refractivity contribution in [3.05, 3.63) is 52.6 Å². The number of pyridine rings is 1. The fraction of sp³-hybridized carbons (Fsp3) is 0.455. The van der Waals surface area contributed by atoms with Gasteiger partial charge in [0.15, 0.2) is 0 Å². The van der Waals surface area contributed by atoms with Crippen molar-refractivity contribution in [1.82, 2.24) is 0 Å². The van der Waals surface area contributed by atoms with Crippen LogP contribution in [-0.4, -0.2) is 39.4 Å². The van der Waals surface area contributed by atoms with Crippen molar-refractivity contribution in [2.75, 3.05) is 49.6 Å². The molecule has 0 saturated carbocycles. The normalized spacial score (nSPS) is 19.0. The third kappa shape index (κ3) is 3.82. The number of aromatic amines is 1. The Kier molecular flexibility index (Phi) is 5.75. The molecule has 146 valence electrons. The fourth-order valence-corrected chi connectivity index (χ4v) is 4.21. The summed E-state index contributed by atoms with van der Waals surface area (Å²) >= 11 is 0. The van der Waals surface area contributed by atoms with E-state index in [1.165, 1.54) is 22.5 Å². The molecule has 6 heteroatoms. The Bertz CT molecular complexity index is 855. The number of nitriles is 1. The average Bonchev–Trinajstić information content (AvgIpc) is 2.77. The predicted molar refractivity (Wildman–Crippen MR) is 108 cm³/mol. The van der Waals surface area contributed by atoms with Crippen LogP contribution in [0.4, 0.5) is 11.6 Å². The van der Waals surface area contributed by atoms with Crippen LogP contribution in [0.5, 0.6) is 0 Å². The van der Waals surface area contributed by atoms with Gasteiger partial charge < -0.3 is 15.0 Å². The van der Waals surface area contributed by atoms with Crippen LogP contribution in [0.25, 0.3) is 0 Å². The standard InChI is InChI=1S/C22H27N5O/c1-2-26-9-8-18-19(14-23)21(24-15-17-6-4-3-5-7-17)25-22(20(18)16-26)27-10-12-28-13-11-27/h3-7H,2,8-13,15-16H2,1H3,(H,24,25)/p+2. The SMILES string of the molecule is CC[NH+]1CCc2c(C#N)c(NCc3ccccc3)[nH+]c(N3CCOCC3)c2C1. The molecule has 1 atom stereocenters. The minimum atomic E-state index is 0.694. The number of anilines is 2. The number of rotatable bonds is 5. The van der Waals surface area contributed by atoms with Crippen molar-refractivity contribution in [3.8, 4) is 6.07 Å². The predicted octanol–water partition coefficient (Wildman–Crippen LogP) is 0.782. The minimum absolute atomic E-state index is 0.694. The molecular formula is C22H29N5O+2. The molecule has 2 aromatic rings. The summed E-state index contributed by atoms with van der Waals surface area (Å²) in [6.45, 7) is 9.37. The molecule has 1 fully saturated rings. The Hall–Kier alpha value is -2.62. The Morgan fingerprint density at radius 3 is 2.71 bits per heavy atom. The van der Waals surface area contributed by atoms with Crippen LogP contribution >= 0.6 is 0 Å². The molecule has 4 rings (SSSR count). The second-order valence-corrected chi connectivity index (χ2v) is 7.51. The molecule has 0 bridgehead atoms. The summed E-state index contributed by atoms with van der Waals surface area (Å²) in [5.74, 6) is 2.00. The molecule has 1 unspecified atom stereocenters. The summed E-state index contributed by atoms with van der Waals surface area (Å²) in [4.78, 5) is 7.56. The number of hydrogen-bond donors (Lipinski definition) is 2. The molecule has 0 aliphatic carbocycles. The third-order valence-corrected chi connectivity index (χ3v) is 5.85. The third-order valence-electron chi connectivity index (χ3n) is 5.85. The van der Waals surface area contributed by atoms with Crippen LogP contribution in [0.1, 0.15) is 29.2 Å². The second-order valence-electron chi connectivity index (χ2n) is 7.51. The summed E-state index contributed by atoms with van der Waals surface area (Å²) in [6, 6.07) is 12.8. The molecular weight excluding hydrogens is 350 g/mol. The van der Waals surface area contributed by atoms with E-state index in [-0.39, 0.29) is 0 Å². The Morgan fingerprint density at radius 2 is 2.00 bits per heavy atom. The van der Waals surface area contributed by atoms with Gasteiger partial charge in [-0.05, 0) is 18.1 Å². The summed E-state index contributed by atoms with van der Waals surface area (Å²) in [5, 5.41) is 13.4. The minimum Gasteiger partial charge on any atom is -0.375 e. The number of nitrogens with zero attached hydrogens (tertiary/aromatic N) is 2. The van der Waals surface area contributed by atoms with E-state index in [0.29, 0.717) is 6.54 Å². The lowest BCUT2D eigenvalue weighted by molar-refractivity contribution is -0.914. The Balaban J connectivity index is 1.72. The van der Waals surface area contributed by atoms with Gasteiger partial charge in [-0.2, -0.15) is 5.26 Å². The van der Waals surface area contributed by atoms with Crippen molar-refractivity contribution in [2.45, 2.75) is 26.4 Å². The first-order valence-electron chi connectivity index (χ1n) is 10.2. The zero-order valence-electron chi connectivity index (χ0n) is 16.6. The quantitative estimate of drug-likeness (QED) is 0.806. The Morgan fingerprint density at radius 1 is 1.21 bits per heavy atom. The topological polar surface area (TPSA) is 66.9 Å². The second kappa shape index (κ2) is 8.59. The lowest BCUT2D eigenvalue weighted by Crippen LogP contribution is -3.11. The maximum atomic E-state index is 9.95. The van der Waals surface area contributed by atoms with E-state index in [4.69, 9.17) is 4.74 Å². The molecule has 6 nitrogen and oxygen atoms in total. The van der Waals surface area contributed by atoms with E-state index in [2.05, 4.69) is 40.3 Å². The van der Waals surface area contributed by atoms with E-state index in [1.54, 1.807) is 4.90 Å². The number of hydrogen-bond acceptors (Lipinski definition) is 4. The average molecular weight is 380 g/mol. The van der Waals surface area contributed by atoms with E-state index in [1.807, 2.05) is 18.2 Å². The highest BCUT2D eigenvalue weighted by molar-refractivity contribution is 5.61. The van der Waals surface area contributed by atoms with E-state index in [0.717, 1.165) is 63.7 Å². The van der Waals surface area contributed by atoms with Crippen LogP contribution in [-0.2, 0) is 24.2 Å². The highest BCUT2D eigenvalue weighted by Gasteiger charge is 2.33. The van der Waals surface area contributed by atoms with Crippen molar-refractivity contribution in [1.29, 1.82) is 5.26 Å². The van der Waals surface area contributed by atoms with Crippen LogP contribution in [0.15, 0.2) is 30.3 Å². The first-order chi connectivity index (χ1) is 13.8. The van der Waals surface area contributed by atoms with Gasteiger partial charge in [0, 0.05) is 6.42 Å². The molecule has 0 radical (unpaired) electrons. The molecule has 1 saturated heterocycles. The van der Waals surface area contributed by atoms with Crippen molar-refractivity contribution >= 4 is 11.6 Å². The summed E-state index contributed by atoms with van der Waals surface area (Å²) in [7, 11) is 0. The van der Waals surface area contributed by atoms with Gasteiger partial charge in [-0.15, -0.1) is 0 Å². The summed E-state index contributed by atoms with van der Waals surface area (Å²) in [5.41, 5.74) is 4.51. The van der Waals surface area contributed by atoms with Gasteiger partial charge in [-0.25, -0.2) is 4.98 Å². The molecule has 2 aliphatic heterocycles. The number of benzene rings is 1. The number of ether oxygens (including phenoxy) is 1. The number of nitrogens with one attached hydrogen (secondary N) is 3. The van der Waals surface area contributed by atoms with Crippen LogP contribution in [0.2, 0.25) is 0 Å². The van der Waals surface area contributed by atoms with Gasteiger partial charge in [-0.3, -0.25) is 4.90 Å². The number of H-pyrrole nitrogens is 1. The Labute approximate surface area is 166 Å². The zero-order valence-corrected chi connectivity index (χ0v) is 16.6. The van der Waals surface area contributed by atoms with Gasteiger partial charge in [-0.1, -0.05) is 30.3 Å². The van der Waals surface area contributed by atoms with Crippen LogP contribution in [0, 0.1) is 11.3 Å². The molecule has 2 aliphatic rings. The first-order valence-corrected chi connectivity index (χ1v) is 10.2. The molecule has 0 spiro atoms. The molecule has 1 aromatic heterocycles. The maximum absolute atomic E-state index is 9.95. The number of morpholine rings is 1. The molecule has 0 amide bonds.